The summed E-state index contributed by atoms with van der Waals surface area (Å²) in [5.74, 6) is 0. The van der Waals surface area contributed by atoms with Crippen molar-refractivity contribution in [2.24, 2.45) is 0 Å². The van der Waals surface area contributed by atoms with E-state index >= 15 is 0 Å². The fraction of sp³-hybridized carbons (Fsp3) is 0.182. The number of allylic oxidation sites excluding steroid dienone is 1. The Morgan fingerprint density at radius 1 is 0.895 bits per heavy atom. The van der Waals surface area contributed by atoms with Gasteiger partial charge in [0.2, 0.25) is 0 Å². The first-order valence-corrected chi connectivity index (χ1v) is 4.67. The second-order valence-electron chi connectivity index (χ2n) is 3.48. The van der Waals surface area contributed by atoms with Gasteiger partial charge in [0.05, 0.1) is 11.1 Å². The molecule has 0 bridgehead atoms. The summed E-state index contributed by atoms with van der Waals surface area (Å²) in [6.45, 7) is 0. The van der Waals surface area contributed by atoms with Crippen LogP contribution in [-0.4, -0.2) is 6.04 Å². The number of hydrogen-bond donors (Lipinski definition) is 0. The second kappa shape index (κ2) is 5.02. The summed E-state index contributed by atoms with van der Waals surface area (Å²) in [6.07, 6.45) is -9.20. The molecule has 0 atom stereocenters. The van der Waals surface area contributed by atoms with E-state index in [1.165, 1.54) is 0 Å². The number of carbonyl (C=O) groups is 1. The molecule has 0 fully saturated rings. The van der Waals surface area contributed by atoms with Gasteiger partial charge >= 0.3 is 18.4 Å². The molecule has 0 unspecified atom stereocenters. The van der Waals surface area contributed by atoms with Crippen LogP contribution in [0.1, 0.15) is 16.7 Å². The highest BCUT2D eigenvalue weighted by Crippen LogP contribution is 2.36. The molecule has 1 aromatic rings. The fourth-order valence-corrected chi connectivity index (χ4v) is 1.24. The van der Waals surface area contributed by atoms with Crippen molar-refractivity contribution >= 4 is 12.1 Å². The molecule has 0 aromatic heterocycles. The third-order valence-corrected chi connectivity index (χ3v) is 2.02. The summed E-state index contributed by atoms with van der Waals surface area (Å²) in [5.41, 5.74) is -3.64. The summed E-state index contributed by atoms with van der Waals surface area (Å²) in [5, 5.41) is 0. The first-order valence-electron chi connectivity index (χ1n) is 4.67. The zero-order valence-electron chi connectivity index (χ0n) is 8.94. The van der Waals surface area contributed by atoms with Crippen LogP contribution in [0.5, 0.6) is 0 Å². The molecular formula is C11H5F7O. The number of rotatable bonds is 2. The Bertz CT molecular complexity index is 479. The van der Waals surface area contributed by atoms with Gasteiger partial charge in [-0.2, -0.15) is 30.7 Å². The van der Waals surface area contributed by atoms with Crippen molar-refractivity contribution in [1.82, 2.24) is 0 Å². The first kappa shape index (κ1) is 15.2. The van der Waals surface area contributed by atoms with Gasteiger partial charge in [-0.15, -0.1) is 0 Å². The maximum Gasteiger partial charge on any atom is 0.416 e. The molecule has 0 N–H and O–H groups in total. The van der Waals surface area contributed by atoms with E-state index in [1.54, 1.807) is 0 Å². The van der Waals surface area contributed by atoms with Crippen molar-refractivity contribution in [3.8, 4) is 0 Å². The van der Waals surface area contributed by atoms with Gasteiger partial charge in [-0.05, 0) is 29.8 Å². The Kier molecular flexibility index (Phi) is 4.02. The highest BCUT2D eigenvalue weighted by Gasteiger charge is 2.36. The summed E-state index contributed by atoms with van der Waals surface area (Å²) in [4.78, 5) is 9.98. The maximum atomic E-state index is 12.4. The van der Waals surface area contributed by atoms with Gasteiger partial charge in [-0.25, -0.2) is 0 Å². The highest BCUT2D eigenvalue weighted by molar-refractivity contribution is 5.86. The SMILES string of the molecule is O=C(F)/C=C/c1cc(C(F)(F)F)cc(C(F)(F)F)c1. The van der Waals surface area contributed by atoms with Gasteiger partial charge in [-0.1, -0.05) is 0 Å². The molecule has 1 aromatic carbocycles. The molecule has 0 saturated heterocycles. The minimum atomic E-state index is -4.98. The average Bonchev–Trinajstić information content (AvgIpc) is 2.23. The van der Waals surface area contributed by atoms with Crippen LogP contribution >= 0.6 is 0 Å². The molecule has 1 nitrogen and oxygen atoms in total. The van der Waals surface area contributed by atoms with Crippen LogP contribution in [0.15, 0.2) is 24.3 Å². The Labute approximate surface area is 102 Å². The standard InChI is InChI=1S/C11H5F7O/c12-9(19)2-1-6-3-7(10(13,14)15)5-8(4-6)11(16,17)18/h1-5H/b2-1+. The monoisotopic (exact) mass is 286 g/mol. The van der Waals surface area contributed by atoms with Gasteiger partial charge in [0.15, 0.2) is 0 Å². The van der Waals surface area contributed by atoms with Gasteiger partial charge < -0.3 is 0 Å². The van der Waals surface area contributed by atoms with E-state index in [9.17, 15) is 35.5 Å². The van der Waals surface area contributed by atoms with Crippen LogP contribution < -0.4 is 0 Å². The molecule has 8 heteroatoms. The molecule has 0 aliphatic heterocycles. The summed E-state index contributed by atoms with van der Waals surface area (Å²) >= 11 is 0. The lowest BCUT2D eigenvalue weighted by Crippen LogP contribution is -2.11. The fourth-order valence-electron chi connectivity index (χ4n) is 1.24. The predicted molar refractivity (Wildman–Crippen MR) is 51.6 cm³/mol. The topological polar surface area (TPSA) is 17.1 Å². The van der Waals surface area contributed by atoms with E-state index in [1.807, 2.05) is 0 Å². The zero-order chi connectivity index (χ0) is 14.8. The third-order valence-electron chi connectivity index (χ3n) is 2.02. The van der Waals surface area contributed by atoms with Crippen molar-refractivity contribution in [3.63, 3.8) is 0 Å². The molecule has 1 rings (SSSR count). The Morgan fingerprint density at radius 2 is 1.32 bits per heavy atom. The average molecular weight is 286 g/mol. The molecular weight excluding hydrogens is 281 g/mol. The first-order chi connectivity index (χ1) is 8.50. The van der Waals surface area contributed by atoms with E-state index in [0.717, 1.165) is 0 Å². The smallest absolute Gasteiger partial charge is 0.256 e. The molecule has 0 heterocycles. The molecule has 0 spiro atoms. The number of benzene rings is 1. The van der Waals surface area contributed by atoms with Crippen molar-refractivity contribution in [1.29, 1.82) is 0 Å². The Hall–Kier alpha value is -1.86. The normalized spacial score (nSPS) is 13.0. The van der Waals surface area contributed by atoms with Crippen LogP contribution in [0, 0.1) is 0 Å². The highest BCUT2D eigenvalue weighted by atomic mass is 19.4. The van der Waals surface area contributed by atoms with E-state index < -0.39 is 35.1 Å². The molecule has 19 heavy (non-hydrogen) atoms. The number of carbonyl (C=O) groups excluding carboxylic acids is 1. The van der Waals surface area contributed by atoms with Gasteiger partial charge in [0.1, 0.15) is 0 Å². The van der Waals surface area contributed by atoms with Gasteiger partial charge in [0, 0.05) is 6.08 Å². The lowest BCUT2D eigenvalue weighted by molar-refractivity contribution is -0.143. The van der Waals surface area contributed by atoms with Crippen molar-refractivity contribution in [3.05, 3.63) is 41.0 Å². The largest absolute Gasteiger partial charge is 0.416 e. The van der Waals surface area contributed by atoms with Crippen LogP contribution in [0.25, 0.3) is 6.08 Å². The molecule has 104 valence electrons. The van der Waals surface area contributed by atoms with Crippen LogP contribution in [0.3, 0.4) is 0 Å². The lowest BCUT2D eigenvalue weighted by Gasteiger charge is -2.12. The third kappa shape index (κ3) is 4.38. The maximum absolute atomic E-state index is 12.4. The van der Waals surface area contributed by atoms with E-state index in [2.05, 4.69) is 0 Å². The van der Waals surface area contributed by atoms with Gasteiger partial charge in [0.25, 0.3) is 0 Å². The van der Waals surface area contributed by atoms with Crippen LogP contribution in [0.2, 0.25) is 0 Å². The molecule has 0 amide bonds. The predicted octanol–water partition coefficient (Wildman–Crippen LogP) is 4.23. The minimum absolute atomic E-state index is 0.0609. The number of halogens is 7. The van der Waals surface area contributed by atoms with E-state index in [-0.39, 0.29) is 12.1 Å². The summed E-state index contributed by atoms with van der Waals surface area (Å²) in [6, 6.07) is -1.27. The zero-order valence-corrected chi connectivity index (χ0v) is 8.94. The Balaban J connectivity index is 3.37. The lowest BCUT2D eigenvalue weighted by atomic mass is 10.0. The quantitative estimate of drug-likeness (QED) is 0.451. The number of alkyl halides is 6. The van der Waals surface area contributed by atoms with Crippen LogP contribution in [-0.2, 0) is 17.1 Å². The summed E-state index contributed by atoms with van der Waals surface area (Å²) < 4.78 is 86.3. The van der Waals surface area contributed by atoms with Crippen molar-refractivity contribution in [2.45, 2.75) is 12.4 Å². The second-order valence-corrected chi connectivity index (χ2v) is 3.48. The molecule has 0 aliphatic rings. The van der Waals surface area contributed by atoms with Crippen molar-refractivity contribution in [2.75, 3.05) is 0 Å². The number of hydrogen-bond acceptors (Lipinski definition) is 1. The van der Waals surface area contributed by atoms with Gasteiger partial charge in [-0.3, -0.25) is 4.79 Å². The molecule has 0 radical (unpaired) electrons. The Morgan fingerprint density at radius 3 is 1.63 bits per heavy atom. The molecule has 0 saturated carbocycles. The van der Waals surface area contributed by atoms with Crippen molar-refractivity contribution < 1.29 is 35.5 Å². The minimum Gasteiger partial charge on any atom is -0.256 e. The van der Waals surface area contributed by atoms with E-state index in [0.29, 0.717) is 18.2 Å². The molecule has 0 aliphatic carbocycles. The van der Waals surface area contributed by atoms with Crippen LogP contribution in [0.4, 0.5) is 30.7 Å². The summed E-state index contributed by atoms with van der Waals surface area (Å²) in [7, 11) is 0. The van der Waals surface area contributed by atoms with E-state index in [4.69, 9.17) is 0 Å².